The highest BCUT2D eigenvalue weighted by molar-refractivity contribution is 5.94. The summed E-state index contributed by atoms with van der Waals surface area (Å²) in [6.45, 7) is 0.397. The van der Waals surface area contributed by atoms with Gasteiger partial charge in [0, 0.05) is 18.3 Å². The Morgan fingerprint density at radius 1 is 1.24 bits per heavy atom. The number of anilines is 1. The molecule has 0 bridgehead atoms. The van der Waals surface area contributed by atoms with Gasteiger partial charge in [-0.1, -0.05) is 6.07 Å². The van der Waals surface area contributed by atoms with Crippen LogP contribution in [0.1, 0.15) is 26.7 Å². The third kappa shape index (κ3) is 3.62. The Labute approximate surface area is 122 Å². The van der Waals surface area contributed by atoms with E-state index in [9.17, 15) is 9.59 Å². The number of amides is 1. The number of carbonyl (C=O) groups excluding carboxylic acids is 2. The van der Waals surface area contributed by atoms with E-state index in [0.717, 1.165) is 5.69 Å². The molecule has 6 heteroatoms. The molecule has 0 saturated heterocycles. The Bertz CT molecular complexity index is 649. The standard InChI is InChI=1S/C15H16N2O4/c1-16-14(18)10-4-3-5-11(8-10)17-9-12-6-7-13(21-12)15(19)20-2/h3-8,17H,9H2,1-2H3,(H,16,18). The van der Waals surface area contributed by atoms with Crippen molar-refractivity contribution in [1.29, 1.82) is 0 Å². The summed E-state index contributed by atoms with van der Waals surface area (Å²) in [5.41, 5.74) is 1.35. The van der Waals surface area contributed by atoms with Crippen LogP contribution in [0.2, 0.25) is 0 Å². The quantitative estimate of drug-likeness (QED) is 0.823. The zero-order valence-electron chi connectivity index (χ0n) is 11.8. The van der Waals surface area contributed by atoms with Crippen molar-refractivity contribution in [3.63, 3.8) is 0 Å². The van der Waals surface area contributed by atoms with Crippen molar-refractivity contribution in [2.24, 2.45) is 0 Å². The molecule has 21 heavy (non-hydrogen) atoms. The van der Waals surface area contributed by atoms with Gasteiger partial charge >= 0.3 is 5.97 Å². The number of esters is 1. The first-order chi connectivity index (χ1) is 10.1. The minimum absolute atomic E-state index is 0.148. The molecule has 2 rings (SSSR count). The fourth-order valence-corrected chi connectivity index (χ4v) is 1.79. The molecule has 6 nitrogen and oxygen atoms in total. The van der Waals surface area contributed by atoms with Crippen molar-refractivity contribution in [2.45, 2.75) is 6.54 Å². The Morgan fingerprint density at radius 2 is 2.05 bits per heavy atom. The van der Waals surface area contributed by atoms with Gasteiger partial charge in [-0.2, -0.15) is 0 Å². The lowest BCUT2D eigenvalue weighted by Gasteiger charge is -2.06. The van der Waals surface area contributed by atoms with E-state index in [1.165, 1.54) is 7.11 Å². The molecule has 0 aliphatic rings. The number of carbonyl (C=O) groups is 2. The summed E-state index contributed by atoms with van der Waals surface area (Å²) >= 11 is 0. The van der Waals surface area contributed by atoms with Gasteiger partial charge in [-0.05, 0) is 30.3 Å². The molecular weight excluding hydrogens is 272 g/mol. The van der Waals surface area contributed by atoms with Crippen LogP contribution in [0.5, 0.6) is 0 Å². The van der Waals surface area contributed by atoms with Gasteiger partial charge in [0.1, 0.15) is 5.76 Å². The predicted molar refractivity (Wildman–Crippen MR) is 77.2 cm³/mol. The first-order valence-corrected chi connectivity index (χ1v) is 6.37. The fraction of sp³-hybridized carbons (Fsp3) is 0.200. The minimum Gasteiger partial charge on any atom is -0.463 e. The van der Waals surface area contributed by atoms with Crippen LogP contribution in [0, 0.1) is 0 Å². The lowest BCUT2D eigenvalue weighted by atomic mass is 10.2. The molecule has 2 N–H and O–H groups in total. The molecule has 1 aromatic heterocycles. The first kappa shape index (κ1) is 14.6. The Morgan fingerprint density at radius 3 is 2.76 bits per heavy atom. The number of methoxy groups -OCH3 is 1. The minimum atomic E-state index is -0.511. The zero-order chi connectivity index (χ0) is 15.2. The molecule has 0 aliphatic heterocycles. The number of benzene rings is 1. The van der Waals surface area contributed by atoms with Gasteiger partial charge in [-0.15, -0.1) is 0 Å². The summed E-state index contributed by atoms with van der Waals surface area (Å²) in [5.74, 6) is 0.0987. The second kappa shape index (κ2) is 6.60. The lowest BCUT2D eigenvalue weighted by molar-refractivity contribution is 0.0563. The molecule has 0 spiro atoms. The maximum Gasteiger partial charge on any atom is 0.373 e. The van der Waals surface area contributed by atoms with Crippen LogP contribution < -0.4 is 10.6 Å². The van der Waals surface area contributed by atoms with E-state index in [1.54, 1.807) is 37.4 Å². The van der Waals surface area contributed by atoms with Crippen LogP contribution >= 0.6 is 0 Å². The second-order valence-electron chi connectivity index (χ2n) is 4.27. The lowest BCUT2D eigenvalue weighted by Crippen LogP contribution is -2.17. The summed E-state index contributed by atoms with van der Waals surface area (Å²) < 4.78 is 9.91. The van der Waals surface area contributed by atoms with Gasteiger partial charge < -0.3 is 19.8 Å². The summed E-state index contributed by atoms with van der Waals surface area (Å²) in [7, 11) is 2.88. The topological polar surface area (TPSA) is 80.6 Å². The first-order valence-electron chi connectivity index (χ1n) is 6.37. The molecule has 110 valence electrons. The van der Waals surface area contributed by atoms with E-state index >= 15 is 0 Å². The van der Waals surface area contributed by atoms with Gasteiger partial charge in [0.05, 0.1) is 13.7 Å². The third-order valence-corrected chi connectivity index (χ3v) is 2.87. The van der Waals surface area contributed by atoms with Crippen LogP contribution in [-0.2, 0) is 11.3 Å². The van der Waals surface area contributed by atoms with Crippen LogP contribution in [0.25, 0.3) is 0 Å². The Kier molecular flexibility index (Phi) is 4.61. The highest BCUT2D eigenvalue weighted by atomic mass is 16.5. The zero-order valence-corrected chi connectivity index (χ0v) is 11.8. The highest BCUT2D eigenvalue weighted by Crippen LogP contribution is 2.14. The van der Waals surface area contributed by atoms with Gasteiger partial charge in [0.25, 0.3) is 5.91 Å². The summed E-state index contributed by atoms with van der Waals surface area (Å²) in [6, 6.07) is 10.4. The molecule has 0 aliphatic carbocycles. The number of hydrogen-bond donors (Lipinski definition) is 2. The van der Waals surface area contributed by atoms with Crippen molar-refractivity contribution < 1.29 is 18.7 Å². The molecule has 0 saturated carbocycles. The van der Waals surface area contributed by atoms with Gasteiger partial charge in [0.2, 0.25) is 5.76 Å². The van der Waals surface area contributed by atoms with Gasteiger partial charge in [-0.3, -0.25) is 4.79 Å². The van der Waals surface area contributed by atoms with E-state index in [4.69, 9.17) is 4.42 Å². The molecule has 0 unspecified atom stereocenters. The number of furan rings is 1. The van der Waals surface area contributed by atoms with Crippen molar-refractivity contribution >= 4 is 17.6 Å². The normalized spacial score (nSPS) is 10.0. The number of rotatable bonds is 5. The molecule has 0 atom stereocenters. The Balaban J connectivity index is 2.01. The number of nitrogens with one attached hydrogen (secondary N) is 2. The van der Waals surface area contributed by atoms with E-state index < -0.39 is 5.97 Å². The molecular formula is C15H16N2O4. The number of hydrogen-bond acceptors (Lipinski definition) is 5. The maximum atomic E-state index is 11.5. The third-order valence-electron chi connectivity index (χ3n) is 2.87. The average molecular weight is 288 g/mol. The Hall–Kier alpha value is -2.76. The summed E-state index contributed by atoms with van der Waals surface area (Å²) in [6.07, 6.45) is 0. The van der Waals surface area contributed by atoms with E-state index in [2.05, 4.69) is 15.4 Å². The van der Waals surface area contributed by atoms with Gasteiger partial charge in [-0.25, -0.2) is 4.79 Å². The van der Waals surface area contributed by atoms with E-state index in [0.29, 0.717) is 17.9 Å². The van der Waals surface area contributed by atoms with Crippen LogP contribution in [0.4, 0.5) is 5.69 Å². The molecule has 1 heterocycles. The van der Waals surface area contributed by atoms with E-state index in [-0.39, 0.29) is 11.7 Å². The van der Waals surface area contributed by atoms with Crippen LogP contribution in [0.3, 0.4) is 0 Å². The van der Waals surface area contributed by atoms with Crippen molar-refractivity contribution in [3.8, 4) is 0 Å². The SMILES string of the molecule is CNC(=O)c1cccc(NCc2ccc(C(=O)OC)o2)c1. The smallest absolute Gasteiger partial charge is 0.373 e. The molecule has 1 amide bonds. The number of ether oxygens (including phenoxy) is 1. The molecule has 2 aromatic rings. The predicted octanol–water partition coefficient (Wildman–Crippen LogP) is 2.04. The molecule has 0 fully saturated rings. The average Bonchev–Trinajstić information content (AvgIpc) is 3.00. The van der Waals surface area contributed by atoms with Crippen LogP contribution in [-0.4, -0.2) is 26.0 Å². The monoisotopic (exact) mass is 288 g/mol. The summed E-state index contributed by atoms with van der Waals surface area (Å²) in [4.78, 5) is 22.8. The molecule has 1 aromatic carbocycles. The second-order valence-corrected chi connectivity index (χ2v) is 4.27. The van der Waals surface area contributed by atoms with Crippen molar-refractivity contribution in [1.82, 2.24) is 5.32 Å². The largest absolute Gasteiger partial charge is 0.463 e. The fourth-order valence-electron chi connectivity index (χ4n) is 1.79. The summed E-state index contributed by atoms with van der Waals surface area (Å²) in [5, 5.41) is 5.69. The molecule has 0 radical (unpaired) electrons. The van der Waals surface area contributed by atoms with Crippen molar-refractivity contribution in [3.05, 3.63) is 53.5 Å². The van der Waals surface area contributed by atoms with E-state index in [1.807, 2.05) is 6.07 Å². The van der Waals surface area contributed by atoms with Crippen molar-refractivity contribution in [2.75, 3.05) is 19.5 Å². The van der Waals surface area contributed by atoms with Crippen LogP contribution in [0.15, 0.2) is 40.8 Å². The van der Waals surface area contributed by atoms with Gasteiger partial charge in [0.15, 0.2) is 0 Å². The highest BCUT2D eigenvalue weighted by Gasteiger charge is 2.11. The maximum absolute atomic E-state index is 11.5.